The Morgan fingerprint density at radius 3 is 2.70 bits per heavy atom. The van der Waals surface area contributed by atoms with Crippen LogP contribution < -0.4 is 10.6 Å². The Morgan fingerprint density at radius 1 is 1.35 bits per heavy atom. The predicted molar refractivity (Wildman–Crippen MR) is 77.7 cm³/mol. The van der Waals surface area contributed by atoms with Crippen molar-refractivity contribution in [2.45, 2.75) is 13.5 Å². The lowest BCUT2D eigenvalue weighted by Crippen LogP contribution is -2.18. The molecular formula is C15H18N2O3. The Bertz CT molecular complexity index is 619. The summed E-state index contributed by atoms with van der Waals surface area (Å²) in [4.78, 5) is 13.5. The van der Waals surface area contributed by atoms with Crippen molar-refractivity contribution in [3.8, 4) is 0 Å². The molecule has 0 spiro atoms. The number of hydrogen-bond acceptors (Lipinski definition) is 5. The second kappa shape index (κ2) is 5.69. The number of furan rings is 1. The van der Waals surface area contributed by atoms with Gasteiger partial charge in [-0.15, -0.1) is 0 Å². The Balaban J connectivity index is 2.24. The third-order valence-corrected chi connectivity index (χ3v) is 3.05. The van der Waals surface area contributed by atoms with Gasteiger partial charge in [-0.1, -0.05) is 0 Å². The Morgan fingerprint density at radius 2 is 2.10 bits per heavy atom. The molecule has 0 radical (unpaired) electrons. The molecule has 1 heterocycles. The topological polar surface area (TPSA) is 68.7 Å². The number of aryl methyl sites for hydroxylation is 1. The van der Waals surface area contributed by atoms with Gasteiger partial charge in [-0.25, -0.2) is 4.79 Å². The summed E-state index contributed by atoms with van der Waals surface area (Å²) >= 11 is 0. The van der Waals surface area contributed by atoms with Gasteiger partial charge >= 0.3 is 5.97 Å². The minimum absolute atomic E-state index is 0.381. The van der Waals surface area contributed by atoms with Gasteiger partial charge in [0.25, 0.3) is 0 Å². The molecule has 0 bridgehead atoms. The van der Waals surface area contributed by atoms with Crippen molar-refractivity contribution in [2.24, 2.45) is 0 Å². The summed E-state index contributed by atoms with van der Waals surface area (Å²) < 4.78 is 10.3. The smallest absolute Gasteiger partial charge is 0.337 e. The highest BCUT2D eigenvalue weighted by atomic mass is 16.5. The lowest BCUT2D eigenvalue weighted by Gasteiger charge is -2.20. The predicted octanol–water partition coefficient (Wildman–Crippen LogP) is 2.59. The van der Waals surface area contributed by atoms with Crippen LogP contribution in [0.3, 0.4) is 0 Å². The van der Waals surface area contributed by atoms with Gasteiger partial charge in [-0.2, -0.15) is 0 Å². The van der Waals surface area contributed by atoms with Crippen molar-refractivity contribution >= 4 is 17.3 Å². The SMILES string of the molecule is COC(=O)c1ccc(N)c(N(C)Cc2ccc(C)o2)c1. The number of nitrogen functional groups attached to an aromatic ring is 1. The maximum atomic E-state index is 11.6. The van der Waals surface area contributed by atoms with Crippen molar-refractivity contribution in [1.29, 1.82) is 0 Å². The van der Waals surface area contributed by atoms with E-state index in [1.807, 2.05) is 31.0 Å². The maximum Gasteiger partial charge on any atom is 0.337 e. The summed E-state index contributed by atoms with van der Waals surface area (Å²) in [5.41, 5.74) is 7.80. The van der Waals surface area contributed by atoms with Crippen LogP contribution in [-0.2, 0) is 11.3 Å². The average molecular weight is 274 g/mol. The van der Waals surface area contributed by atoms with Crippen LogP contribution >= 0.6 is 0 Å². The van der Waals surface area contributed by atoms with Crippen LogP contribution in [0.25, 0.3) is 0 Å². The summed E-state index contributed by atoms with van der Waals surface area (Å²) in [6, 6.07) is 8.90. The molecule has 2 N–H and O–H groups in total. The molecule has 0 saturated carbocycles. The first-order chi connectivity index (χ1) is 9.51. The number of nitrogens with zero attached hydrogens (tertiary/aromatic N) is 1. The third-order valence-electron chi connectivity index (χ3n) is 3.05. The highest BCUT2D eigenvalue weighted by Crippen LogP contribution is 2.25. The first-order valence-corrected chi connectivity index (χ1v) is 6.25. The molecule has 0 aliphatic rings. The number of benzene rings is 1. The van der Waals surface area contributed by atoms with Crippen LogP contribution in [0.4, 0.5) is 11.4 Å². The Labute approximate surface area is 117 Å². The van der Waals surface area contributed by atoms with E-state index in [1.165, 1.54) is 7.11 Å². The minimum Gasteiger partial charge on any atom is -0.465 e. The maximum absolute atomic E-state index is 11.6. The van der Waals surface area contributed by atoms with Crippen LogP contribution in [0.5, 0.6) is 0 Å². The van der Waals surface area contributed by atoms with Crippen LogP contribution in [0.1, 0.15) is 21.9 Å². The van der Waals surface area contributed by atoms with Crippen LogP contribution in [-0.4, -0.2) is 20.1 Å². The molecule has 0 saturated heterocycles. The van der Waals surface area contributed by atoms with E-state index in [9.17, 15) is 4.79 Å². The van der Waals surface area contributed by atoms with Gasteiger partial charge in [0.05, 0.1) is 30.6 Å². The van der Waals surface area contributed by atoms with E-state index in [0.29, 0.717) is 17.8 Å². The standard InChI is InChI=1S/C15H18N2O3/c1-10-4-6-12(20-10)9-17(2)14-8-11(15(18)19-3)5-7-13(14)16/h4-8H,9,16H2,1-3H3. The number of hydrogen-bond donors (Lipinski definition) is 1. The molecular weight excluding hydrogens is 256 g/mol. The number of carbonyl (C=O) groups excluding carboxylic acids is 1. The molecule has 0 atom stereocenters. The van der Waals surface area contributed by atoms with E-state index < -0.39 is 0 Å². The highest BCUT2D eigenvalue weighted by molar-refractivity contribution is 5.92. The lowest BCUT2D eigenvalue weighted by molar-refractivity contribution is 0.0601. The molecule has 0 aliphatic carbocycles. The molecule has 2 aromatic rings. The molecule has 1 aromatic carbocycles. The van der Waals surface area contributed by atoms with E-state index in [4.69, 9.17) is 14.9 Å². The molecule has 2 rings (SSSR count). The molecule has 0 fully saturated rings. The third kappa shape index (κ3) is 2.93. The first-order valence-electron chi connectivity index (χ1n) is 6.25. The Hall–Kier alpha value is -2.43. The fourth-order valence-corrected chi connectivity index (χ4v) is 2.01. The number of carbonyl (C=O) groups is 1. The van der Waals surface area contributed by atoms with Gasteiger partial charge in [-0.3, -0.25) is 0 Å². The number of nitrogens with two attached hydrogens (primary N) is 1. The van der Waals surface area contributed by atoms with Gasteiger partial charge in [0.15, 0.2) is 0 Å². The van der Waals surface area contributed by atoms with Gasteiger partial charge in [0.2, 0.25) is 0 Å². The molecule has 1 aromatic heterocycles. The van der Waals surface area contributed by atoms with Gasteiger partial charge in [0, 0.05) is 7.05 Å². The number of ether oxygens (including phenoxy) is 1. The number of anilines is 2. The largest absolute Gasteiger partial charge is 0.465 e. The number of methoxy groups -OCH3 is 1. The van der Waals surface area contributed by atoms with E-state index in [-0.39, 0.29) is 5.97 Å². The van der Waals surface area contributed by atoms with Crippen molar-refractivity contribution in [1.82, 2.24) is 0 Å². The zero-order chi connectivity index (χ0) is 14.7. The lowest BCUT2D eigenvalue weighted by atomic mass is 10.1. The first kappa shape index (κ1) is 14.0. The fourth-order valence-electron chi connectivity index (χ4n) is 2.01. The molecule has 5 nitrogen and oxygen atoms in total. The molecule has 106 valence electrons. The quantitative estimate of drug-likeness (QED) is 0.685. The minimum atomic E-state index is -0.381. The van der Waals surface area contributed by atoms with Gasteiger partial charge in [-0.05, 0) is 37.3 Å². The van der Waals surface area contributed by atoms with Crippen molar-refractivity contribution in [3.63, 3.8) is 0 Å². The van der Waals surface area contributed by atoms with E-state index in [1.54, 1.807) is 18.2 Å². The summed E-state index contributed by atoms with van der Waals surface area (Å²) in [6.45, 7) is 2.47. The molecule has 5 heteroatoms. The molecule has 20 heavy (non-hydrogen) atoms. The van der Waals surface area contributed by atoms with E-state index in [2.05, 4.69) is 0 Å². The van der Waals surface area contributed by atoms with Crippen molar-refractivity contribution in [2.75, 3.05) is 24.8 Å². The van der Waals surface area contributed by atoms with E-state index in [0.717, 1.165) is 17.2 Å². The highest BCUT2D eigenvalue weighted by Gasteiger charge is 2.12. The Kier molecular flexibility index (Phi) is 3.98. The monoisotopic (exact) mass is 274 g/mol. The normalized spacial score (nSPS) is 10.3. The van der Waals surface area contributed by atoms with Crippen molar-refractivity contribution < 1.29 is 13.9 Å². The van der Waals surface area contributed by atoms with Gasteiger partial charge < -0.3 is 19.8 Å². The van der Waals surface area contributed by atoms with E-state index >= 15 is 0 Å². The van der Waals surface area contributed by atoms with Gasteiger partial charge in [0.1, 0.15) is 11.5 Å². The van der Waals surface area contributed by atoms with Crippen LogP contribution in [0, 0.1) is 6.92 Å². The summed E-state index contributed by atoms with van der Waals surface area (Å²) in [5, 5.41) is 0. The molecule has 0 amide bonds. The number of rotatable bonds is 4. The number of esters is 1. The zero-order valence-electron chi connectivity index (χ0n) is 11.8. The van der Waals surface area contributed by atoms with Crippen molar-refractivity contribution in [3.05, 3.63) is 47.4 Å². The summed E-state index contributed by atoms with van der Waals surface area (Å²) in [5.74, 6) is 1.33. The second-order valence-electron chi connectivity index (χ2n) is 4.63. The van der Waals surface area contributed by atoms with Crippen LogP contribution in [0.2, 0.25) is 0 Å². The average Bonchev–Trinajstić information content (AvgIpc) is 2.83. The summed E-state index contributed by atoms with van der Waals surface area (Å²) in [7, 11) is 3.25. The second-order valence-corrected chi connectivity index (χ2v) is 4.63. The fraction of sp³-hybridized carbons (Fsp3) is 0.267. The molecule has 0 unspecified atom stereocenters. The van der Waals surface area contributed by atoms with Crippen LogP contribution in [0.15, 0.2) is 34.7 Å². The zero-order valence-corrected chi connectivity index (χ0v) is 11.8. The summed E-state index contributed by atoms with van der Waals surface area (Å²) in [6.07, 6.45) is 0. The molecule has 0 aliphatic heterocycles.